The Hall–Kier alpha value is -2.19. The largest absolute Gasteiger partial charge is 0.427 e. The average molecular weight is 589 g/mol. The Bertz CT molecular complexity index is 1530. The van der Waals surface area contributed by atoms with Gasteiger partial charge >= 0.3 is 8.60 Å². The van der Waals surface area contributed by atoms with Crippen molar-refractivity contribution in [2.24, 2.45) is 0 Å². The number of hydrogen-bond donors (Lipinski definition) is 2. The molecule has 1 aliphatic rings. The van der Waals surface area contributed by atoms with E-state index in [-0.39, 0.29) is 27.6 Å². The van der Waals surface area contributed by atoms with Crippen LogP contribution in [-0.4, -0.2) is 9.79 Å². The van der Waals surface area contributed by atoms with E-state index in [2.05, 4.69) is 134 Å². The van der Waals surface area contributed by atoms with Crippen LogP contribution in [0.4, 0.5) is 0 Å². The molecule has 4 rings (SSSR count). The second kappa shape index (κ2) is 10.5. The topological polar surface area (TPSA) is 49.7 Å². The van der Waals surface area contributed by atoms with Gasteiger partial charge in [-0.3, -0.25) is 0 Å². The van der Waals surface area contributed by atoms with Gasteiger partial charge in [0.1, 0.15) is 5.75 Å². The molecule has 3 aromatic carbocycles. The van der Waals surface area contributed by atoms with Crippen molar-refractivity contribution in [3.05, 3.63) is 74.8 Å². The standard InChI is InChI=1S/C38H53O3P/c1-21-16-24-23(3)25-17-22(2)19-28(36(7,8)9)31(25)32-33(37(10,11)12)26(30(24)27(18-21)35(4,5)6)20-29(41-42(39)40)34(32)38(13,14)15/h16-20,23,39-40H,1-15H3. The van der Waals surface area contributed by atoms with Crippen molar-refractivity contribution in [3.8, 4) is 28.0 Å². The fourth-order valence-corrected chi connectivity index (χ4v) is 7.35. The van der Waals surface area contributed by atoms with Gasteiger partial charge in [0.25, 0.3) is 0 Å². The van der Waals surface area contributed by atoms with E-state index in [1.54, 1.807) is 0 Å². The molecule has 42 heavy (non-hydrogen) atoms. The van der Waals surface area contributed by atoms with Crippen molar-refractivity contribution in [2.75, 3.05) is 0 Å². The summed E-state index contributed by atoms with van der Waals surface area (Å²) in [5, 5.41) is 0. The zero-order chi connectivity index (χ0) is 31.9. The van der Waals surface area contributed by atoms with Crippen molar-refractivity contribution >= 4 is 8.60 Å². The third kappa shape index (κ3) is 5.82. The maximum absolute atomic E-state index is 10.3. The van der Waals surface area contributed by atoms with Crippen LogP contribution in [0.15, 0.2) is 30.3 Å². The van der Waals surface area contributed by atoms with E-state index in [1.165, 1.54) is 55.6 Å². The van der Waals surface area contributed by atoms with Gasteiger partial charge in [0.15, 0.2) is 0 Å². The van der Waals surface area contributed by atoms with E-state index < -0.39 is 8.60 Å². The Kier molecular flexibility index (Phi) is 8.15. The molecule has 0 radical (unpaired) electrons. The number of fused-ring (bicyclic) bond motifs is 6. The maximum Gasteiger partial charge on any atom is 0.391 e. The van der Waals surface area contributed by atoms with Gasteiger partial charge in [-0.25, -0.2) is 0 Å². The third-order valence-electron chi connectivity index (χ3n) is 8.67. The molecular formula is C38H53O3P. The van der Waals surface area contributed by atoms with E-state index >= 15 is 0 Å². The van der Waals surface area contributed by atoms with Crippen LogP contribution in [0.3, 0.4) is 0 Å². The second-order valence-corrected chi connectivity index (χ2v) is 17.4. The molecule has 0 saturated carbocycles. The second-order valence-electron chi connectivity index (χ2n) is 16.7. The minimum absolute atomic E-state index is 0.110. The SMILES string of the molecule is Cc1cc2c(c(C(C)(C)C)c1)-c1cc(OP(O)O)c(C(C)(C)C)c(c1C(C)(C)C)-c1c(cc(C)cc1C(C)(C)C)C2C. The lowest BCUT2D eigenvalue weighted by atomic mass is 9.63. The van der Waals surface area contributed by atoms with Gasteiger partial charge in [-0.05, 0) is 91.6 Å². The lowest BCUT2D eigenvalue weighted by Gasteiger charge is -2.41. The third-order valence-corrected chi connectivity index (χ3v) is 9.03. The first-order valence-corrected chi connectivity index (χ1v) is 16.5. The average Bonchev–Trinajstić information content (AvgIpc) is 2.78. The lowest BCUT2D eigenvalue weighted by Crippen LogP contribution is -2.26. The Morgan fingerprint density at radius 2 is 1.00 bits per heavy atom. The van der Waals surface area contributed by atoms with E-state index in [9.17, 15) is 9.79 Å². The highest BCUT2D eigenvalue weighted by molar-refractivity contribution is 7.39. The Morgan fingerprint density at radius 3 is 1.40 bits per heavy atom. The molecule has 0 fully saturated rings. The van der Waals surface area contributed by atoms with Crippen LogP contribution in [0.1, 0.15) is 140 Å². The summed E-state index contributed by atoms with van der Waals surface area (Å²) in [5.74, 6) is 0.706. The van der Waals surface area contributed by atoms with Crippen LogP contribution in [0, 0.1) is 13.8 Å². The van der Waals surface area contributed by atoms with Crippen LogP contribution < -0.4 is 4.52 Å². The molecule has 0 aliphatic heterocycles. The van der Waals surface area contributed by atoms with Crippen molar-refractivity contribution in [3.63, 3.8) is 0 Å². The van der Waals surface area contributed by atoms with Crippen molar-refractivity contribution in [1.82, 2.24) is 0 Å². The van der Waals surface area contributed by atoms with Crippen LogP contribution in [-0.2, 0) is 21.7 Å². The maximum atomic E-state index is 10.3. The monoisotopic (exact) mass is 588 g/mol. The molecule has 0 amide bonds. The number of benzene rings is 3. The number of hydrogen-bond acceptors (Lipinski definition) is 3. The number of rotatable bonds is 2. The molecule has 3 aromatic rings. The molecule has 3 nitrogen and oxygen atoms in total. The normalized spacial score (nSPS) is 15.7. The first kappa shape index (κ1) is 32.7. The van der Waals surface area contributed by atoms with Crippen molar-refractivity contribution in [2.45, 2.75) is 131 Å². The molecule has 0 saturated heterocycles. The molecule has 0 aromatic heterocycles. The van der Waals surface area contributed by atoms with Crippen LogP contribution in [0.2, 0.25) is 0 Å². The van der Waals surface area contributed by atoms with Gasteiger partial charge in [-0.2, -0.15) is 0 Å². The van der Waals surface area contributed by atoms with Gasteiger partial charge in [-0.1, -0.05) is 125 Å². The van der Waals surface area contributed by atoms with Gasteiger partial charge in [0.2, 0.25) is 0 Å². The van der Waals surface area contributed by atoms with Gasteiger partial charge in [-0.15, -0.1) is 0 Å². The predicted molar refractivity (Wildman–Crippen MR) is 181 cm³/mol. The van der Waals surface area contributed by atoms with E-state index in [4.69, 9.17) is 4.52 Å². The summed E-state index contributed by atoms with van der Waals surface area (Å²) in [5.41, 5.74) is 14.1. The summed E-state index contributed by atoms with van der Waals surface area (Å²) in [6.45, 7) is 34.1. The summed E-state index contributed by atoms with van der Waals surface area (Å²) < 4.78 is 6.02. The minimum atomic E-state index is -2.61. The highest BCUT2D eigenvalue weighted by atomic mass is 31.2. The van der Waals surface area contributed by atoms with Crippen LogP contribution in [0.5, 0.6) is 5.75 Å². The molecule has 1 atom stereocenters. The van der Waals surface area contributed by atoms with Gasteiger partial charge < -0.3 is 14.3 Å². The van der Waals surface area contributed by atoms with E-state index in [0.717, 1.165) is 11.1 Å². The highest BCUT2D eigenvalue weighted by Crippen LogP contribution is 2.58. The highest BCUT2D eigenvalue weighted by Gasteiger charge is 2.40. The fourth-order valence-electron chi connectivity index (χ4n) is 7.03. The van der Waals surface area contributed by atoms with Gasteiger partial charge in [0.05, 0.1) is 0 Å². The first-order chi connectivity index (χ1) is 18.9. The van der Waals surface area contributed by atoms with E-state index in [1.807, 2.05) is 0 Å². The molecule has 228 valence electrons. The molecule has 1 aliphatic carbocycles. The Labute approximate surface area is 256 Å². The summed E-state index contributed by atoms with van der Waals surface area (Å²) >= 11 is 0. The fraction of sp³-hybridized carbons (Fsp3) is 0.526. The molecule has 0 heterocycles. The van der Waals surface area contributed by atoms with Gasteiger partial charge in [0, 0.05) is 11.5 Å². The molecular weight excluding hydrogens is 535 g/mol. The molecule has 2 N–H and O–H groups in total. The minimum Gasteiger partial charge on any atom is -0.427 e. The Balaban J connectivity index is 2.51. The number of aryl methyl sites for hydroxylation is 2. The molecule has 4 heteroatoms. The zero-order valence-electron chi connectivity index (χ0n) is 28.7. The summed E-state index contributed by atoms with van der Waals surface area (Å²) in [6.07, 6.45) is 0. The molecule has 1 unspecified atom stereocenters. The summed E-state index contributed by atoms with van der Waals surface area (Å²) in [6, 6.07) is 11.6. The van der Waals surface area contributed by atoms with Crippen LogP contribution in [0.25, 0.3) is 22.3 Å². The molecule has 0 spiro atoms. The Morgan fingerprint density at radius 1 is 0.571 bits per heavy atom. The smallest absolute Gasteiger partial charge is 0.391 e. The quantitative estimate of drug-likeness (QED) is 0.293. The first-order valence-electron chi connectivity index (χ1n) is 15.3. The molecule has 2 bridgehead atoms. The zero-order valence-corrected chi connectivity index (χ0v) is 29.6. The summed E-state index contributed by atoms with van der Waals surface area (Å²) in [4.78, 5) is 20.6. The summed E-state index contributed by atoms with van der Waals surface area (Å²) in [7, 11) is -2.61. The van der Waals surface area contributed by atoms with Crippen molar-refractivity contribution < 1.29 is 14.3 Å². The lowest BCUT2D eigenvalue weighted by molar-refractivity contribution is 0.370. The van der Waals surface area contributed by atoms with Crippen LogP contribution >= 0.6 is 8.60 Å². The predicted octanol–water partition coefficient (Wildman–Crippen LogP) is 10.9. The van der Waals surface area contributed by atoms with Crippen molar-refractivity contribution in [1.29, 1.82) is 0 Å². The van der Waals surface area contributed by atoms with E-state index in [0.29, 0.717) is 5.75 Å².